The molecule has 1 rings (SSSR count). The summed E-state index contributed by atoms with van der Waals surface area (Å²) in [6, 6.07) is 4.36. The van der Waals surface area contributed by atoms with Gasteiger partial charge in [-0.25, -0.2) is 0 Å². The number of hydrogen-bond donors (Lipinski definition) is 2. The smallest absolute Gasteiger partial charge is 0.0503 e. The molecular weight excluding hydrogens is 218 g/mol. The van der Waals surface area contributed by atoms with E-state index < -0.39 is 0 Å². The van der Waals surface area contributed by atoms with Crippen molar-refractivity contribution in [2.24, 2.45) is 11.1 Å². The van der Waals surface area contributed by atoms with E-state index >= 15 is 0 Å². The third-order valence-corrected chi connectivity index (χ3v) is 4.39. The van der Waals surface area contributed by atoms with Gasteiger partial charge in [0, 0.05) is 21.7 Å². The number of thiophene rings is 1. The topological polar surface area (TPSA) is 46.2 Å². The fourth-order valence-electron chi connectivity index (χ4n) is 2.07. The van der Waals surface area contributed by atoms with Crippen LogP contribution in [0.1, 0.15) is 36.4 Å². The quantitative estimate of drug-likeness (QED) is 0.771. The molecule has 0 spiro atoms. The Morgan fingerprint density at radius 3 is 2.44 bits per heavy atom. The van der Waals surface area contributed by atoms with Crippen molar-refractivity contribution in [1.29, 1.82) is 0 Å². The van der Waals surface area contributed by atoms with Gasteiger partial charge in [-0.15, -0.1) is 11.3 Å². The highest BCUT2D eigenvalue weighted by Crippen LogP contribution is 2.30. The average Bonchev–Trinajstić information content (AvgIpc) is 2.76. The molecule has 16 heavy (non-hydrogen) atoms. The third-order valence-electron chi connectivity index (χ3n) is 3.16. The van der Waals surface area contributed by atoms with Gasteiger partial charge in [0.2, 0.25) is 0 Å². The van der Waals surface area contributed by atoms with Crippen LogP contribution in [0.5, 0.6) is 0 Å². The van der Waals surface area contributed by atoms with Crippen LogP contribution in [-0.4, -0.2) is 18.3 Å². The van der Waals surface area contributed by atoms with Crippen molar-refractivity contribution in [1.82, 2.24) is 0 Å². The van der Waals surface area contributed by atoms with Crippen LogP contribution in [-0.2, 0) is 12.8 Å². The van der Waals surface area contributed by atoms with E-state index in [9.17, 15) is 5.11 Å². The second-order valence-corrected chi connectivity index (χ2v) is 5.76. The maximum Gasteiger partial charge on any atom is 0.0503 e. The third kappa shape index (κ3) is 3.30. The predicted octanol–water partition coefficient (Wildman–Crippen LogP) is 2.59. The molecule has 1 heterocycles. The molecular formula is C13H23NOS. The lowest BCUT2D eigenvalue weighted by Crippen LogP contribution is -2.36. The SMILES string of the molecule is CCCC(CN)(CO)Cc1ccc(CC)s1. The molecule has 0 aliphatic rings. The van der Waals surface area contributed by atoms with Gasteiger partial charge >= 0.3 is 0 Å². The van der Waals surface area contributed by atoms with Crippen LogP contribution in [0.15, 0.2) is 12.1 Å². The summed E-state index contributed by atoms with van der Waals surface area (Å²) in [5.41, 5.74) is 5.73. The van der Waals surface area contributed by atoms with E-state index in [0.29, 0.717) is 6.54 Å². The van der Waals surface area contributed by atoms with Crippen LogP contribution in [0.4, 0.5) is 0 Å². The molecule has 0 radical (unpaired) electrons. The minimum atomic E-state index is -0.107. The fraction of sp³-hybridized carbons (Fsp3) is 0.692. The lowest BCUT2D eigenvalue weighted by molar-refractivity contribution is 0.122. The van der Waals surface area contributed by atoms with Crippen LogP contribution in [0, 0.1) is 5.41 Å². The highest BCUT2D eigenvalue weighted by atomic mass is 32.1. The molecule has 1 atom stereocenters. The second kappa shape index (κ2) is 6.38. The number of hydrogen-bond acceptors (Lipinski definition) is 3. The second-order valence-electron chi connectivity index (χ2n) is 4.51. The Kier molecular flexibility index (Phi) is 5.46. The molecule has 0 saturated heterocycles. The summed E-state index contributed by atoms with van der Waals surface area (Å²) in [5, 5.41) is 9.56. The first-order chi connectivity index (χ1) is 7.69. The Hall–Kier alpha value is -0.380. The molecule has 2 nitrogen and oxygen atoms in total. The van der Waals surface area contributed by atoms with Crippen LogP contribution < -0.4 is 5.73 Å². The van der Waals surface area contributed by atoms with Gasteiger partial charge in [-0.05, 0) is 31.4 Å². The highest BCUT2D eigenvalue weighted by Gasteiger charge is 2.27. The molecule has 3 N–H and O–H groups in total. The molecule has 1 aromatic heterocycles. The molecule has 0 aliphatic heterocycles. The summed E-state index contributed by atoms with van der Waals surface area (Å²) >= 11 is 1.85. The standard InChI is InChI=1S/C13H23NOS/c1-3-7-13(9-14,10-15)8-12-6-5-11(4-2)16-12/h5-6,15H,3-4,7-10,14H2,1-2H3. The monoisotopic (exact) mass is 241 g/mol. The van der Waals surface area contributed by atoms with E-state index in [2.05, 4.69) is 26.0 Å². The van der Waals surface area contributed by atoms with Gasteiger partial charge in [0.1, 0.15) is 0 Å². The maximum atomic E-state index is 9.56. The van der Waals surface area contributed by atoms with Gasteiger partial charge in [-0.3, -0.25) is 0 Å². The van der Waals surface area contributed by atoms with Gasteiger partial charge in [0.05, 0.1) is 6.61 Å². The van der Waals surface area contributed by atoms with E-state index in [1.807, 2.05) is 11.3 Å². The average molecular weight is 241 g/mol. The Morgan fingerprint density at radius 1 is 1.31 bits per heavy atom. The first-order valence-corrected chi connectivity index (χ1v) is 6.90. The number of nitrogens with two attached hydrogens (primary N) is 1. The number of aliphatic hydroxyl groups excluding tert-OH is 1. The molecule has 0 amide bonds. The summed E-state index contributed by atoms with van der Waals surface area (Å²) in [7, 11) is 0. The number of aryl methyl sites for hydroxylation is 1. The number of aliphatic hydroxyl groups is 1. The van der Waals surface area contributed by atoms with Crippen molar-refractivity contribution >= 4 is 11.3 Å². The first kappa shape index (κ1) is 13.7. The summed E-state index contributed by atoms with van der Waals surface area (Å²) in [4.78, 5) is 2.76. The van der Waals surface area contributed by atoms with E-state index in [4.69, 9.17) is 5.73 Å². The Labute approximate surface area is 102 Å². The minimum Gasteiger partial charge on any atom is -0.396 e. The zero-order valence-electron chi connectivity index (χ0n) is 10.3. The van der Waals surface area contributed by atoms with E-state index in [1.165, 1.54) is 9.75 Å². The summed E-state index contributed by atoms with van der Waals surface area (Å²) in [6.45, 7) is 5.07. The van der Waals surface area contributed by atoms with Gasteiger partial charge in [0.15, 0.2) is 0 Å². The molecule has 0 aromatic carbocycles. The van der Waals surface area contributed by atoms with Crippen molar-refractivity contribution < 1.29 is 5.11 Å². The van der Waals surface area contributed by atoms with Crippen molar-refractivity contribution in [2.45, 2.75) is 39.5 Å². The van der Waals surface area contributed by atoms with E-state index in [-0.39, 0.29) is 12.0 Å². The molecule has 0 bridgehead atoms. The summed E-state index contributed by atoms with van der Waals surface area (Å²) in [5.74, 6) is 0. The lowest BCUT2D eigenvalue weighted by Gasteiger charge is -2.29. The van der Waals surface area contributed by atoms with Crippen molar-refractivity contribution in [3.05, 3.63) is 21.9 Å². The molecule has 0 fully saturated rings. The van der Waals surface area contributed by atoms with Crippen LogP contribution in [0.3, 0.4) is 0 Å². The largest absolute Gasteiger partial charge is 0.396 e. The van der Waals surface area contributed by atoms with Gasteiger partial charge in [0.25, 0.3) is 0 Å². The molecule has 3 heteroatoms. The maximum absolute atomic E-state index is 9.56. The fourth-order valence-corrected chi connectivity index (χ4v) is 3.20. The van der Waals surface area contributed by atoms with Crippen molar-refractivity contribution in [2.75, 3.05) is 13.2 Å². The molecule has 92 valence electrons. The molecule has 1 unspecified atom stereocenters. The van der Waals surface area contributed by atoms with E-state index in [1.54, 1.807) is 0 Å². The van der Waals surface area contributed by atoms with Crippen molar-refractivity contribution in [3.8, 4) is 0 Å². The van der Waals surface area contributed by atoms with Crippen molar-refractivity contribution in [3.63, 3.8) is 0 Å². The minimum absolute atomic E-state index is 0.107. The molecule has 0 aliphatic carbocycles. The van der Waals surface area contributed by atoms with Crippen LogP contribution in [0.2, 0.25) is 0 Å². The Balaban J connectivity index is 2.74. The number of rotatable bonds is 7. The zero-order valence-corrected chi connectivity index (χ0v) is 11.1. The van der Waals surface area contributed by atoms with Crippen LogP contribution >= 0.6 is 11.3 Å². The summed E-state index contributed by atoms with van der Waals surface area (Å²) < 4.78 is 0. The van der Waals surface area contributed by atoms with Gasteiger partial charge in [-0.1, -0.05) is 20.3 Å². The van der Waals surface area contributed by atoms with Gasteiger partial charge < -0.3 is 10.8 Å². The summed E-state index contributed by atoms with van der Waals surface area (Å²) in [6.07, 6.45) is 4.08. The van der Waals surface area contributed by atoms with Crippen LogP contribution in [0.25, 0.3) is 0 Å². The first-order valence-electron chi connectivity index (χ1n) is 6.08. The zero-order chi connectivity index (χ0) is 12.0. The van der Waals surface area contributed by atoms with E-state index in [0.717, 1.165) is 25.7 Å². The highest BCUT2D eigenvalue weighted by molar-refractivity contribution is 7.11. The normalized spacial score (nSPS) is 15.0. The Morgan fingerprint density at radius 2 is 2.00 bits per heavy atom. The molecule has 1 aromatic rings. The molecule has 0 saturated carbocycles. The van der Waals surface area contributed by atoms with Gasteiger partial charge in [-0.2, -0.15) is 0 Å². The predicted molar refractivity (Wildman–Crippen MR) is 70.9 cm³/mol. The lowest BCUT2D eigenvalue weighted by atomic mass is 9.80. The Bertz CT molecular complexity index is 305.